The monoisotopic (exact) mass is 435 g/mol. The van der Waals surface area contributed by atoms with E-state index in [4.69, 9.17) is 13.9 Å². The molecule has 0 radical (unpaired) electrons. The number of carbonyl (C=O) groups excluding carboxylic acids is 2. The maximum absolute atomic E-state index is 13.2. The summed E-state index contributed by atoms with van der Waals surface area (Å²) in [6, 6.07) is 15.7. The second kappa shape index (κ2) is 9.47. The van der Waals surface area contributed by atoms with Crippen LogP contribution in [0.15, 0.2) is 65.3 Å². The van der Waals surface area contributed by atoms with Gasteiger partial charge in [-0.05, 0) is 53.9 Å². The zero-order valence-electron chi connectivity index (χ0n) is 18.0. The Labute approximate surface area is 186 Å². The first-order valence-electron chi connectivity index (χ1n) is 10.3. The number of hydrogen-bond acceptors (Lipinski definition) is 5. The molecule has 166 valence electrons. The van der Waals surface area contributed by atoms with E-state index in [0.717, 1.165) is 11.1 Å². The topological polar surface area (TPSA) is 93.0 Å². The van der Waals surface area contributed by atoms with Crippen LogP contribution in [0.5, 0.6) is 11.5 Å². The van der Waals surface area contributed by atoms with Crippen molar-refractivity contribution in [1.82, 2.24) is 10.2 Å². The van der Waals surface area contributed by atoms with Gasteiger partial charge in [-0.3, -0.25) is 4.79 Å². The number of hydrogen-bond donors (Lipinski definition) is 2. The summed E-state index contributed by atoms with van der Waals surface area (Å²) >= 11 is 0. The quantitative estimate of drug-likeness (QED) is 0.613. The first kappa shape index (κ1) is 21.3. The second-order valence-electron chi connectivity index (χ2n) is 7.35. The van der Waals surface area contributed by atoms with Crippen molar-refractivity contribution in [1.29, 1.82) is 0 Å². The molecule has 0 spiro atoms. The molecule has 1 aromatic heterocycles. The second-order valence-corrected chi connectivity index (χ2v) is 7.35. The van der Waals surface area contributed by atoms with Crippen molar-refractivity contribution in [2.75, 3.05) is 32.6 Å². The molecule has 1 unspecified atom stereocenters. The molecule has 4 rings (SSSR count). The van der Waals surface area contributed by atoms with Gasteiger partial charge in [0.2, 0.25) is 0 Å². The van der Waals surface area contributed by atoms with Gasteiger partial charge in [-0.1, -0.05) is 18.2 Å². The van der Waals surface area contributed by atoms with E-state index < -0.39 is 6.04 Å². The van der Waals surface area contributed by atoms with E-state index in [0.29, 0.717) is 30.2 Å². The molecule has 8 heteroatoms. The minimum atomic E-state index is -0.402. The molecule has 1 atom stereocenters. The molecule has 0 saturated heterocycles. The fourth-order valence-corrected chi connectivity index (χ4v) is 3.89. The number of carbonyl (C=O) groups is 2. The van der Waals surface area contributed by atoms with E-state index in [1.54, 1.807) is 31.3 Å². The van der Waals surface area contributed by atoms with Gasteiger partial charge in [0.15, 0.2) is 17.3 Å². The fourth-order valence-electron chi connectivity index (χ4n) is 3.89. The lowest BCUT2D eigenvalue weighted by molar-refractivity contribution is 0.0909. The highest BCUT2D eigenvalue weighted by Gasteiger charge is 2.33. The van der Waals surface area contributed by atoms with Crippen LogP contribution in [0, 0.1) is 0 Å². The summed E-state index contributed by atoms with van der Waals surface area (Å²) < 4.78 is 16.1. The van der Waals surface area contributed by atoms with Crippen molar-refractivity contribution in [3.05, 3.63) is 77.7 Å². The summed E-state index contributed by atoms with van der Waals surface area (Å²) in [7, 11) is 3.16. The van der Waals surface area contributed by atoms with Crippen LogP contribution in [0.2, 0.25) is 0 Å². The number of fused-ring (bicyclic) bond motifs is 1. The molecule has 3 aromatic rings. The molecule has 2 N–H and O–H groups in total. The van der Waals surface area contributed by atoms with E-state index in [9.17, 15) is 9.59 Å². The average Bonchev–Trinajstić information content (AvgIpc) is 3.37. The van der Waals surface area contributed by atoms with Gasteiger partial charge in [0.1, 0.15) is 0 Å². The van der Waals surface area contributed by atoms with Crippen LogP contribution in [0.4, 0.5) is 10.5 Å². The summed E-state index contributed by atoms with van der Waals surface area (Å²) in [4.78, 5) is 27.4. The molecular formula is C24H25N3O5. The van der Waals surface area contributed by atoms with E-state index in [-0.39, 0.29) is 24.2 Å². The average molecular weight is 435 g/mol. The van der Waals surface area contributed by atoms with Crippen molar-refractivity contribution in [3.8, 4) is 11.5 Å². The summed E-state index contributed by atoms with van der Waals surface area (Å²) in [6.07, 6.45) is 2.10. The van der Waals surface area contributed by atoms with Crippen LogP contribution in [0.1, 0.15) is 27.7 Å². The molecule has 2 aromatic carbocycles. The number of benzene rings is 2. The minimum Gasteiger partial charge on any atom is -0.493 e. The summed E-state index contributed by atoms with van der Waals surface area (Å²) in [6.45, 7) is 0.701. The smallest absolute Gasteiger partial charge is 0.322 e. The molecule has 2 heterocycles. The third kappa shape index (κ3) is 4.39. The van der Waals surface area contributed by atoms with Crippen LogP contribution < -0.4 is 20.1 Å². The molecule has 1 aliphatic rings. The number of para-hydroxylation sites is 1. The highest BCUT2D eigenvalue weighted by molar-refractivity contribution is 5.92. The van der Waals surface area contributed by atoms with Gasteiger partial charge < -0.3 is 29.4 Å². The number of rotatable bonds is 6. The first-order chi connectivity index (χ1) is 15.6. The molecule has 32 heavy (non-hydrogen) atoms. The van der Waals surface area contributed by atoms with Crippen molar-refractivity contribution in [2.45, 2.75) is 12.5 Å². The summed E-state index contributed by atoms with van der Waals surface area (Å²) in [5.74, 6) is 1.07. The van der Waals surface area contributed by atoms with Gasteiger partial charge in [0.25, 0.3) is 5.91 Å². The van der Waals surface area contributed by atoms with Crippen molar-refractivity contribution >= 4 is 17.6 Å². The normalized spacial score (nSPS) is 14.9. The number of nitrogens with one attached hydrogen (secondary N) is 2. The predicted molar refractivity (Wildman–Crippen MR) is 119 cm³/mol. The minimum absolute atomic E-state index is 0.213. The highest BCUT2D eigenvalue weighted by atomic mass is 16.5. The number of nitrogens with zero attached hydrogens (tertiary/aromatic N) is 1. The standard InChI is InChI=1S/C24H25N3O5/c1-30-21-13-16-10-11-27(24(29)26-17-7-4-3-5-8-17)19(18(16)14-22(21)31-2)15-25-23(28)20-9-6-12-32-20/h3-9,12-14,19H,10-11,15H2,1-2H3,(H,25,28)(H,26,29). The van der Waals surface area contributed by atoms with Gasteiger partial charge in [-0.25, -0.2) is 4.79 Å². The molecule has 8 nitrogen and oxygen atoms in total. The van der Waals surface area contributed by atoms with E-state index in [1.807, 2.05) is 42.5 Å². The van der Waals surface area contributed by atoms with Crippen molar-refractivity contribution in [3.63, 3.8) is 0 Å². The molecule has 0 aliphatic carbocycles. The Hall–Kier alpha value is -3.94. The van der Waals surface area contributed by atoms with Gasteiger partial charge in [-0.2, -0.15) is 0 Å². The lowest BCUT2D eigenvalue weighted by atomic mass is 9.91. The number of furan rings is 1. The summed E-state index contributed by atoms with van der Waals surface area (Å²) in [5, 5.41) is 5.82. The number of ether oxygens (including phenoxy) is 2. The van der Waals surface area contributed by atoms with Gasteiger partial charge >= 0.3 is 6.03 Å². The van der Waals surface area contributed by atoms with Crippen LogP contribution in [-0.4, -0.2) is 44.1 Å². The number of urea groups is 1. The zero-order valence-corrected chi connectivity index (χ0v) is 18.0. The Bertz CT molecular complexity index is 1080. The zero-order chi connectivity index (χ0) is 22.5. The Kier molecular flexibility index (Phi) is 6.30. The maximum Gasteiger partial charge on any atom is 0.322 e. The first-order valence-corrected chi connectivity index (χ1v) is 10.3. The number of amides is 3. The Morgan fingerprint density at radius 3 is 2.50 bits per heavy atom. The molecule has 0 fully saturated rings. The fraction of sp³-hybridized carbons (Fsp3) is 0.250. The van der Waals surface area contributed by atoms with Crippen LogP contribution in [0.3, 0.4) is 0 Å². The van der Waals surface area contributed by atoms with Crippen LogP contribution >= 0.6 is 0 Å². The molecule has 0 bridgehead atoms. The Morgan fingerprint density at radius 1 is 1.06 bits per heavy atom. The van der Waals surface area contributed by atoms with Crippen molar-refractivity contribution < 1.29 is 23.5 Å². The lowest BCUT2D eigenvalue weighted by Crippen LogP contribution is -2.46. The lowest BCUT2D eigenvalue weighted by Gasteiger charge is -2.37. The molecule has 3 amide bonds. The Morgan fingerprint density at radius 2 is 1.81 bits per heavy atom. The number of methoxy groups -OCH3 is 2. The maximum atomic E-state index is 13.2. The van der Waals surface area contributed by atoms with Gasteiger partial charge in [0, 0.05) is 18.8 Å². The molecular weight excluding hydrogens is 410 g/mol. The highest BCUT2D eigenvalue weighted by Crippen LogP contribution is 2.38. The van der Waals surface area contributed by atoms with Crippen molar-refractivity contribution in [2.24, 2.45) is 0 Å². The van der Waals surface area contributed by atoms with E-state index in [2.05, 4.69) is 10.6 Å². The third-order valence-corrected chi connectivity index (χ3v) is 5.49. The van der Waals surface area contributed by atoms with E-state index >= 15 is 0 Å². The molecule has 1 aliphatic heterocycles. The van der Waals surface area contributed by atoms with Crippen LogP contribution in [-0.2, 0) is 6.42 Å². The van der Waals surface area contributed by atoms with Crippen LogP contribution in [0.25, 0.3) is 0 Å². The van der Waals surface area contributed by atoms with E-state index in [1.165, 1.54) is 6.26 Å². The Balaban J connectivity index is 1.63. The predicted octanol–water partition coefficient (Wildman–Crippen LogP) is 3.86. The third-order valence-electron chi connectivity index (χ3n) is 5.49. The van der Waals surface area contributed by atoms with Gasteiger partial charge in [0.05, 0.1) is 26.5 Å². The molecule has 0 saturated carbocycles. The SMILES string of the molecule is COc1cc2c(cc1OC)C(CNC(=O)c1ccco1)N(C(=O)Nc1ccccc1)CC2. The largest absolute Gasteiger partial charge is 0.493 e. The number of anilines is 1. The summed E-state index contributed by atoms with van der Waals surface area (Å²) in [5.41, 5.74) is 2.65. The van der Waals surface area contributed by atoms with Gasteiger partial charge in [-0.15, -0.1) is 0 Å².